The molecule has 0 saturated heterocycles. The predicted molar refractivity (Wildman–Crippen MR) is 63.5 cm³/mol. The van der Waals surface area contributed by atoms with Crippen molar-refractivity contribution in [3.05, 3.63) is 35.4 Å². The van der Waals surface area contributed by atoms with Crippen LogP contribution < -0.4 is 5.32 Å². The number of hydrogen-bond acceptors (Lipinski definition) is 3. The van der Waals surface area contributed by atoms with Crippen molar-refractivity contribution >= 4 is 15.7 Å². The Balaban J connectivity index is 2.64. The van der Waals surface area contributed by atoms with Crippen LogP contribution in [-0.2, 0) is 16.0 Å². The number of nitrogens with one attached hydrogen (secondary N) is 1. The first-order chi connectivity index (χ1) is 8.59. The summed E-state index contributed by atoms with van der Waals surface area (Å²) in [5, 5.41) is 2.31. The molecule has 8 heteroatoms. The second-order valence-corrected chi connectivity index (χ2v) is 6.22. The van der Waals surface area contributed by atoms with Gasteiger partial charge in [0.05, 0.1) is 11.3 Å². The summed E-state index contributed by atoms with van der Waals surface area (Å²) in [7, 11) is -3.19. The Morgan fingerprint density at radius 2 is 1.74 bits per heavy atom. The molecule has 106 valence electrons. The van der Waals surface area contributed by atoms with Crippen LogP contribution in [0.4, 0.5) is 13.2 Å². The molecule has 4 nitrogen and oxygen atoms in total. The second-order valence-electron chi connectivity index (χ2n) is 3.96. The molecule has 0 spiro atoms. The van der Waals surface area contributed by atoms with Crippen LogP contribution in [-0.4, -0.2) is 32.9 Å². The van der Waals surface area contributed by atoms with Crippen LogP contribution in [0.5, 0.6) is 0 Å². The molecule has 0 heterocycles. The molecule has 0 aliphatic carbocycles. The Hall–Kier alpha value is -1.57. The Labute approximate surface area is 108 Å². The summed E-state index contributed by atoms with van der Waals surface area (Å²) in [6, 6.07) is 3.67. The zero-order chi connectivity index (χ0) is 14.7. The van der Waals surface area contributed by atoms with Crippen molar-refractivity contribution in [3.8, 4) is 0 Å². The molecule has 0 radical (unpaired) electrons. The number of hydrogen-bond donors (Lipinski definition) is 1. The van der Waals surface area contributed by atoms with Gasteiger partial charge >= 0.3 is 6.18 Å². The SMILES string of the molecule is CS(=O)(=O)CCNC(=O)c1ccc(C(F)(F)F)cc1. The minimum atomic E-state index is -4.45. The van der Waals surface area contributed by atoms with Gasteiger partial charge in [-0.15, -0.1) is 0 Å². The van der Waals surface area contributed by atoms with E-state index in [1.807, 2.05) is 0 Å². The van der Waals surface area contributed by atoms with Gasteiger partial charge in [0, 0.05) is 18.4 Å². The molecule has 0 aromatic heterocycles. The lowest BCUT2D eigenvalue weighted by Gasteiger charge is -2.08. The Morgan fingerprint density at radius 3 is 2.16 bits per heavy atom. The smallest absolute Gasteiger partial charge is 0.351 e. The van der Waals surface area contributed by atoms with Crippen molar-refractivity contribution in [2.24, 2.45) is 0 Å². The molecule has 0 atom stereocenters. The average Bonchev–Trinajstić information content (AvgIpc) is 2.26. The molecule has 0 aliphatic heterocycles. The first kappa shape index (κ1) is 15.5. The Morgan fingerprint density at radius 1 is 1.21 bits per heavy atom. The van der Waals surface area contributed by atoms with Gasteiger partial charge in [-0.25, -0.2) is 8.42 Å². The van der Waals surface area contributed by atoms with E-state index < -0.39 is 27.5 Å². The van der Waals surface area contributed by atoms with Gasteiger partial charge in [0.25, 0.3) is 5.91 Å². The van der Waals surface area contributed by atoms with Crippen molar-refractivity contribution in [1.82, 2.24) is 5.32 Å². The molecule has 0 unspecified atom stereocenters. The Kier molecular flexibility index (Phi) is 4.56. The molecule has 1 aromatic rings. The van der Waals surface area contributed by atoms with Crippen molar-refractivity contribution < 1.29 is 26.4 Å². The van der Waals surface area contributed by atoms with Crippen LogP contribution in [0, 0.1) is 0 Å². The first-order valence-corrected chi connectivity index (χ1v) is 7.29. The standard InChI is InChI=1S/C11H12F3NO3S/c1-19(17,18)7-6-15-10(16)8-2-4-9(5-3-8)11(12,13)14/h2-5H,6-7H2,1H3,(H,15,16). The highest BCUT2D eigenvalue weighted by Gasteiger charge is 2.30. The van der Waals surface area contributed by atoms with E-state index in [1.54, 1.807) is 0 Å². The van der Waals surface area contributed by atoms with Gasteiger partial charge in [-0.1, -0.05) is 0 Å². The maximum atomic E-state index is 12.3. The van der Waals surface area contributed by atoms with Gasteiger partial charge in [0.2, 0.25) is 0 Å². The molecule has 0 aliphatic rings. The van der Waals surface area contributed by atoms with E-state index in [0.29, 0.717) is 0 Å². The molecule has 19 heavy (non-hydrogen) atoms. The molecular formula is C11H12F3NO3S. The minimum Gasteiger partial charge on any atom is -0.351 e. The topological polar surface area (TPSA) is 63.2 Å². The summed E-state index contributed by atoms with van der Waals surface area (Å²) >= 11 is 0. The molecule has 1 aromatic carbocycles. The van der Waals surface area contributed by atoms with E-state index in [-0.39, 0.29) is 17.9 Å². The average molecular weight is 295 g/mol. The number of rotatable bonds is 4. The number of sulfone groups is 1. The van der Waals surface area contributed by atoms with E-state index in [9.17, 15) is 26.4 Å². The molecule has 0 saturated carbocycles. The molecule has 1 amide bonds. The molecule has 1 N–H and O–H groups in total. The first-order valence-electron chi connectivity index (χ1n) is 5.23. The van der Waals surface area contributed by atoms with Crippen LogP contribution in [0.1, 0.15) is 15.9 Å². The highest BCUT2D eigenvalue weighted by Crippen LogP contribution is 2.28. The van der Waals surface area contributed by atoms with Gasteiger partial charge in [-0.3, -0.25) is 4.79 Å². The summed E-state index contributed by atoms with van der Waals surface area (Å²) in [4.78, 5) is 11.5. The largest absolute Gasteiger partial charge is 0.416 e. The van der Waals surface area contributed by atoms with Crippen molar-refractivity contribution in [3.63, 3.8) is 0 Å². The number of carbonyl (C=O) groups excluding carboxylic acids is 1. The van der Waals surface area contributed by atoms with E-state index in [0.717, 1.165) is 30.5 Å². The van der Waals surface area contributed by atoms with Crippen molar-refractivity contribution in [1.29, 1.82) is 0 Å². The van der Waals surface area contributed by atoms with Crippen LogP contribution in [0.25, 0.3) is 0 Å². The van der Waals surface area contributed by atoms with Crippen LogP contribution in [0.15, 0.2) is 24.3 Å². The third-order valence-electron chi connectivity index (χ3n) is 2.23. The molecular weight excluding hydrogens is 283 g/mol. The van der Waals surface area contributed by atoms with Crippen LogP contribution in [0.2, 0.25) is 0 Å². The summed E-state index contributed by atoms with van der Waals surface area (Å²) in [5.41, 5.74) is -0.804. The zero-order valence-electron chi connectivity index (χ0n) is 9.99. The molecule has 0 bridgehead atoms. The zero-order valence-corrected chi connectivity index (χ0v) is 10.8. The monoisotopic (exact) mass is 295 g/mol. The van der Waals surface area contributed by atoms with Gasteiger partial charge in [-0.05, 0) is 24.3 Å². The lowest BCUT2D eigenvalue weighted by Crippen LogP contribution is -2.28. The Bertz CT molecular complexity index is 550. The van der Waals surface area contributed by atoms with Crippen molar-refractivity contribution in [2.45, 2.75) is 6.18 Å². The van der Waals surface area contributed by atoms with Crippen molar-refractivity contribution in [2.75, 3.05) is 18.6 Å². The summed E-state index contributed by atoms with van der Waals surface area (Å²) in [6.07, 6.45) is -3.43. The van der Waals surface area contributed by atoms with Gasteiger partial charge < -0.3 is 5.32 Å². The van der Waals surface area contributed by atoms with E-state index in [1.165, 1.54) is 0 Å². The lowest BCUT2D eigenvalue weighted by molar-refractivity contribution is -0.137. The summed E-state index contributed by atoms with van der Waals surface area (Å²) < 4.78 is 58.5. The summed E-state index contributed by atoms with van der Waals surface area (Å²) in [5.74, 6) is -0.836. The number of benzene rings is 1. The van der Waals surface area contributed by atoms with Crippen LogP contribution in [0.3, 0.4) is 0 Å². The maximum absolute atomic E-state index is 12.3. The number of alkyl halides is 3. The van der Waals surface area contributed by atoms with E-state index in [4.69, 9.17) is 0 Å². The quantitative estimate of drug-likeness (QED) is 0.915. The fourth-order valence-electron chi connectivity index (χ4n) is 1.26. The van der Waals surface area contributed by atoms with E-state index >= 15 is 0 Å². The van der Waals surface area contributed by atoms with E-state index in [2.05, 4.69) is 5.32 Å². The molecule has 0 fully saturated rings. The lowest BCUT2D eigenvalue weighted by atomic mass is 10.1. The fourth-order valence-corrected chi connectivity index (χ4v) is 1.74. The van der Waals surface area contributed by atoms with Crippen LogP contribution >= 0.6 is 0 Å². The predicted octanol–water partition coefficient (Wildman–Crippen LogP) is 1.48. The minimum absolute atomic E-state index is 0.0431. The number of carbonyl (C=O) groups is 1. The maximum Gasteiger partial charge on any atom is 0.416 e. The second kappa shape index (κ2) is 5.60. The summed E-state index contributed by atoms with van der Waals surface area (Å²) in [6.45, 7) is -0.0846. The van der Waals surface area contributed by atoms with Gasteiger partial charge in [0.1, 0.15) is 9.84 Å². The fraction of sp³-hybridized carbons (Fsp3) is 0.364. The normalized spacial score (nSPS) is 12.2. The molecule has 1 rings (SSSR count). The third kappa shape index (κ3) is 5.29. The number of halogens is 3. The van der Waals surface area contributed by atoms with Gasteiger partial charge in [0.15, 0.2) is 0 Å². The highest BCUT2D eigenvalue weighted by atomic mass is 32.2. The third-order valence-corrected chi connectivity index (χ3v) is 3.18. The highest BCUT2D eigenvalue weighted by molar-refractivity contribution is 7.90. The van der Waals surface area contributed by atoms with Gasteiger partial charge in [-0.2, -0.15) is 13.2 Å². The number of amides is 1.